The van der Waals surface area contributed by atoms with Crippen LogP contribution in [0.25, 0.3) is 0 Å². The number of benzene rings is 2. The van der Waals surface area contributed by atoms with Gasteiger partial charge in [-0.15, -0.1) is 11.3 Å². The number of rotatable bonds is 8. The Morgan fingerprint density at radius 2 is 1.74 bits per heavy atom. The van der Waals surface area contributed by atoms with Crippen molar-refractivity contribution in [1.82, 2.24) is 10.3 Å². The molecule has 2 aromatic carbocycles. The molecule has 0 unspecified atom stereocenters. The second-order valence-corrected chi connectivity index (χ2v) is 14.9. The fraction of sp³-hybridized carbons (Fsp3) is 0.359. The van der Waals surface area contributed by atoms with Crippen LogP contribution in [0.1, 0.15) is 80.4 Å². The SMILES string of the molecule is CCc1cnc(N2CC3(CCOCC3)C2)c(C(=O)Nc2ccc(C(=O)N3c4ccccc4N=C(c4ccc(C(=O)NC5CC5)s4)[C@H]3C)cc2)c1. The fourth-order valence-electron chi connectivity index (χ4n) is 7.13. The third kappa shape index (κ3) is 6.20. The number of thiophene rings is 1. The van der Waals surface area contributed by atoms with Crippen molar-refractivity contribution in [1.29, 1.82) is 0 Å². The number of hydrogen-bond acceptors (Lipinski definition) is 8. The first-order chi connectivity index (χ1) is 24.3. The molecule has 4 aromatic rings. The molecule has 2 saturated heterocycles. The molecule has 1 aliphatic carbocycles. The number of nitrogens with one attached hydrogen (secondary N) is 2. The van der Waals surface area contributed by atoms with E-state index < -0.39 is 0 Å². The molecule has 11 heteroatoms. The number of carbonyl (C=O) groups is 3. The number of aromatic nitrogens is 1. The zero-order valence-corrected chi connectivity index (χ0v) is 29.1. The van der Waals surface area contributed by atoms with E-state index in [-0.39, 0.29) is 35.2 Å². The van der Waals surface area contributed by atoms with Crippen molar-refractivity contribution in [2.45, 2.75) is 58.0 Å². The highest BCUT2D eigenvalue weighted by Gasteiger charge is 2.45. The van der Waals surface area contributed by atoms with Gasteiger partial charge in [-0.3, -0.25) is 19.3 Å². The number of aryl methyl sites for hydroxylation is 1. The zero-order valence-electron chi connectivity index (χ0n) is 28.3. The Bertz CT molecular complexity index is 1990. The maximum absolute atomic E-state index is 14.2. The summed E-state index contributed by atoms with van der Waals surface area (Å²) in [6, 6.07) is 20.2. The van der Waals surface area contributed by atoms with E-state index in [9.17, 15) is 14.4 Å². The van der Waals surface area contributed by atoms with Gasteiger partial charge in [-0.2, -0.15) is 0 Å². The standard InChI is InChI=1S/C39H40N6O4S/c1-3-25-20-29(35(40-21-25)44-22-39(23-44)16-18-49-19-17-39)36(46)41-27-10-8-26(9-11-27)38(48)45-24(2)34(43-30-6-4-5-7-31(30)45)32-14-15-33(50-32)37(47)42-28-12-13-28/h4-11,14-15,20-21,24,28H,3,12-13,16-19,22-23H2,1-2H3,(H,41,46)(H,42,47)/t24-/m1/s1. The van der Waals surface area contributed by atoms with Gasteiger partial charge in [0.05, 0.1) is 38.4 Å². The highest BCUT2D eigenvalue weighted by Crippen LogP contribution is 2.43. The number of anilines is 3. The van der Waals surface area contributed by atoms with Crippen LogP contribution < -0.4 is 20.4 Å². The van der Waals surface area contributed by atoms with E-state index in [1.54, 1.807) is 29.2 Å². The number of amides is 3. The smallest absolute Gasteiger partial charge is 0.261 e. The van der Waals surface area contributed by atoms with Crippen molar-refractivity contribution in [3.05, 3.63) is 99.4 Å². The Labute approximate surface area is 295 Å². The number of fused-ring (bicyclic) bond motifs is 1. The number of aliphatic imine (C=N–C) groups is 1. The molecule has 3 fully saturated rings. The van der Waals surface area contributed by atoms with Gasteiger partial charge in [0.1, 0.15) is 5.82 Å². The molecular weight excluding hydrogens is 649 g/mol. The third-order valence-corrected chi connectivity index (χ3v) is 11.4. The quantitative estimate of drug-likeness (QED) is 0.215. The van der Waals surface area contributed by atoms with Gasteiger partial charge in [-0.1, -0.05) is 19.1 Å². The maximum Gasteiger partial charge on any atom is 0.261 e. The second kappa shape index (κ2) is 13.1. The van der Waals surface area contributed by atoms with Crippen molar-refractivity contribution >= 4 is 57.7 Å². The van der Waals surface area contributed by atoms with Crippen LogP contribution in [0, 0.1) is 5.41 Å². The lowest BCUT2D eigenvalue weighted by atomic mass is 9.73. The zero-order chi connectivity index (χ0) is 34.4. The van der Waals surface area contributed by atoms with E-state index in [2.05, 4.69) is 22.5 Å². The fourth-order valence-corrected chi connectivity index (χ4v) is 8.11. The van der Waals surface area contributed by atoms with Crippen LogP contribution in [-0.4, -0.2) is 66.8 Å². The van der Waals surface area contributed by atoms with E-state index in [0.717, 1.165) is 80.2 Å². The Balaban J connectivity index is 0.998. The van der Waals surface area contributed by atoms with Crippen molar-refractivity contribution < 1.29 is 19.1 Å². The Morgan fingerprint density at radius 3 is 2.48 bits per heavy atom. The molecule has 3 amide bonds. The van der Waals surface area contributed by atoms with Crippen LogP contribution >= 0.6 is 11.3 Å². The molecule has 2 aromatic heterocycles. The normalized spacial score (nSPS) is 19.3. The van der Waals surface area contributed by atoms with Crippen molar-refractivity contribution in [2.24, 2.45) is 10.4 Å². The Kier molecular flexibility index (Phi) is 8.48. The van der Waals surface area contributed by atoms with Crippen molar-refractivity contribution in [2.75, 3.05) is 41.4 Å². The van der Waals surface area contributed by atoms with E-state index in [0.29, 0.717) is 33.2 Å². The summed E-state index contributed by atoms with van der Waals surface area (Å²) in [4.78, 5) is 55.8. The maximum atomic E-state index is 14.2. The number of nitrogens with zero attached hydrogens (tertiary/aromatic N) is 4. The van der Waals surface area contributed by atoms with Crippen molar-refractivity contribution in [3.8, 4) is 0 Å². The Hall–Kier alpha value is -4.87. The molecule has 1 atom stereocenters. The van der Waals surface area contributed by atoms with Crippen LogP contribution in [0.4, 0.5) is 22.9 Å². The Morgan fingerprint density at radius 1 is 0.980 bits per heavy atom. The lowest BCUT2D eigenvalue weighted by molar-refractivity contribution is -0.000511. The minimum Gasteiger partial charge on any atom is -0.381 e. The first-order valence-electron chi connectivity index (χ1n) is 17.5. The van der Waals surface area contributed by atoms with E-state index >= 15 is 0 Å². The molecule has 3 aliphatic heterocycles. The molecule has 4 aliphatic rings. The number of para-hydroxylation sites is 2. The number of ether oxygens (including phenoxy) is 1. The number of pyridine rings is 1. The number of carbonyl (C=O) groups excluding carboxylic acids is 3. The van der Waals surface area contributed by atoms with Gasteiger partial charge >= 0.3 is 0 Å². The number of hydrogen-bond donors (Lipinski definition) is 2. The molecule has 0 bridgehead atoms. The molecule has 2 N–H and O–H groups in total. The molecule has 50 heavy (non-hydrogen) atoms. The molecular formula is C39H40N6O4S. The summed E-state index contributed by atoms with van der Waals surface area (Å²) in [6.45, 7) is 7.34. The minimum absolute atomic E-state index is 0.0669. The molecule has 8 rings (SSSR count). The lowest BCUT2D eigenvalue weighted by Gasteiger charge is -2.53. The van der Waals surface area contributed by atoms with Crippen LogP contribution in [0.15, 0.2) is 77.9 Å². The van der Waals surface area contributed by atoms with Gasteiger partial charge in [0.2, 0.25) is 0 Å². The summed E-state index contributed by atoms with van der Waals surface area (Å²) in [7, 11) is 0. The lowest BCUT2D eigenvalue weighted by Crippen LogP contribution is -2.59. The van der Waals surface area contributed by atoms with Crippen LogP contribution in [0.5, 0.6) is 0 Å². The van der Waals surface area contributed by atoms with Gasteiger partial charge in [0.25, 0.3) is 17.7 Å². The summed E-state index contributed by atoms with van der Waals surface area (Å²) in [6.07, 6.45) is 6.76. The molecule has 1 saturated carbocycles. The molecule has 256 valence electrons. The highest BCUT2D eigenvalue weighted by atomic mass is 32.1. The largest absolute Gasteiger partial charge is 0.381 e. The van der Waals surface area contributed by atoms with Gasteiger partial charge < -0.3 is 20.3 Å². The topological polar surface area (TPSA) is 116 Å². The second-order valence-electron chi connectivity index (χ2n) is 13.8. The van der Waals surface area contributed by atoms with Gasteiger partial charge in [0.15, 0.2) is 0 Å². The van der Waals surface area contributed by atoms with Crippen LogP contribution in [0.3, 0.4) is 0 Å². The van der Waals surface area contributed by atoms with Gasteiger partial charge in [-0.25, -0.2) is 9.98 Å². The average Bonchev–Trinajstić information content (AvgIpc) is 3.81. The average molecular weight is 689 g/mol. The third-order valence-electron chi connectivity index (χ3n) is 10.3. The monoisotopic (exact) mass is 688 g/mol. The van der Waals surface area contributed by atoms with E-state index in [1.807, 2.05) is 55.6 Å². The van der Waals surface area contributed by atoms with E-state index in [1.165, 1.54) is 11.3 Å². The summed E-state index contributed by atoms with van der Waals surface area (Å²) < 4.78 is 5.58. The predicted octanol–water partition coefficient (Wildman–Crippen LogP) is 6.64. The summed E-state index contributed by atoms with van der Waals surface area (Å²) in [5.41, 5.74) is 5.03. The van der Waals surface area contributed by atoms with Gasteiger partial charge in [-0.05, 0) is 99.2 Å². The first kappa shape index (κ1) is 32.3. The van der Waals surface area contributed by atoms with Gasteiger partial charge in [0, 0.05) is 55.2 Å². The van der Waals surface area contributed by atoms with Crippen LogP contribution in [0.2, 0.25) is 0 Å². The summed E-state index contributed by atoms with van der Waals surface area (Å²) in [5, 5.41) is 6.10. The van der Waals surface area contributed by atoms with E-state index in [4.69, 9.17) is 14.7 Å². The first-order valence-corrected chi connectivity index (χ1v) is 18.3. The van der Waals surface area contributed by atoms with Crippen LogP contribution in [-0.2, 0) is 11.2 Å². The summed E-state index contributed by atoms with van der Waals surface area (Å²) >= 11 is 1.39. The summed E-state index contributed by atoms with van der Waals surface area (Å²) in [5.74, 6) is 0.235. The minimum atomic E-state index is -0.381. The van der Waals surface area contributed by atoms with Crippen molar-refractivity contribution in [3.63, 3.8) is 0 Å². The molecule has 1 spiro atoms. The molecule has 10 nitrogen and oxygen atoms in total. The molecule has 5 heterocycles. The molecule has 0 radical (unpaired) electrons. The predicted molar refractivity (Wildman–Crippen MR) is 196 cm³/mol. The highest BCUT2D eigenvalue weighted by molar-refractivity contribution is 7.16.